The summed E-state index contributed by atoms with van der Waals surface area (Å²) in [6, 6.07) is 14.9. The van der Waals surface area contributed by atoms with E-state index in [-0.39, 0.29) is 23.6 Å². The Hall–Kier alpha value is -2.32. The predicted octanol–water partition coefficient (Wildman–Crippen LogP) is 3.74. The van der Waals surface area contributed by atoms with E-state index in [1.807, 2.05) is 48.5 Å². The molecule has 0 bridgehead atoms. The number of carbonyl (C=O) groups is 3. The predicted molar refractivity (Wildman–Crippen MR) is 117 cm³/mol. The third-order valence-electron chi connectivity index (χ3n) is 5.05. The lowest BCUT2D eigenvalue weighted by atomic mass is 9.96. The van der Waals surface area contributed by atoms with Gasteiger partial charge in [0.05, 0.1) is 11.6 Å². The minimum absolute atomic E-state index is 0.105. The van der Waals surface area contributed by atoms with Crippen LogP contribution < -0.4 is 10.6 Å². The second-order valence-corrected chi connectivity index (χ2v) is 9.17. The van der Waals surface area contributed by atoms with Crippen molar-refractivity contribution in [3.05, 3.63) is 53.0 Å². The van der Waals surface area contributed by atoms with Crippen LogP contribution >= 0.6 is 27.7 Å². The maximum atomic E-state index is 13.1. The highest BCUT2D eigenvalue weighted by Gasteiger charge is 2.38. The highest BCUT2D eigenvalue weighted by atomic mass is 79.9. The Morgan fingerprint density at radius 2 is 2.00 bits per heavy atom. The fourth-order valence-electron chi connectivity index (χ4n) is 3.58. The number of likely N-dealkylation sites (tertiary alicyclic amines) is 1. The molecule has 2 aromatic rings. The van der Waals surface area contributed by atoms with Crippen molar-refractivity contribution < 1.29 is 14.4 Å². The number of halogens is 1. The summed E-state index contributed by atoms with van der Waals surface area (Å²) >= 11 is 4.67. The number of amides is 3. The molecule has 2 aliphatic heterocycles. The summed E-state index contributed by atoms with van der Waals surface area (Å²) in [7, 11) is 0. The van der Waals surface area contributed by atoms with Gasteiger partial charge >= 0.3 is 0 Å². The number of piperidine rings is 1. The Balaban J connectivity index is 1.42. The SMILES string of the molecule is O=C(Nc1cccc(Br)c1)C1CCCN(C(=O)C2Sc3ccccc3NC2=O)C1. The van der Waals surface area contributed by atoms with Crippen LogP contribution in [0.1, 0.15) is 12.8 Å². The van der Waals surface area contributed by atoms with Crippen LogP contribution in [0.5, 0.6) is 0 Å². The van der Waals surface area contributed by atoms with E-state index in [1.165, 1.54) is 11.8 Å². The van der Waals surface area contributed by atoms with E-state index in [0.29, 0.717) is 18.8 Å². The van der Waals surface area contributed by atoms with Crippen LogP contribution in [0.3, 0.4) is 0 Å². The van der Waals surface area contributed by atoms with Crippen LogP contribution in [0.25, 0.3) is 0 Å². The van der Waals surface area contributed by atoms with Gasteiger partial charge in [0.2, 0.25) is 17.7 Å². The van der Waals surface area contributed by atoms with Crippen molar-refractivity contribution in [3.8, 4) is 0 Å². The Morgan fingerprint density at radius 1 is 1.17 bits per heavy atom. The Kier molecular flexibility index (Phi) is 5.91. The van der Waals surface area contributed by atoms with Crippen LogP contribution in [0.4, 0.5) is 11.4 Å². The molecule has 1 saturated heterocycles. The first-order valence-corrected chi connectivity index (χ1v) is 11.1. The first kappa shape index (κ1) is 20.0. The molecule has 2 aromatic carbocycles. The van der Waals surface area contributed by atoms with Gasteiger partial charge < -0.3 is 15.5 Å². The van der Waals surface area contributed by atoms with Crippen LogP contribution in [0.15, 0.2) is 57.9 Å². The van der Waals surface area contributed by atoms with Crippen molar-refractivity contribution in [3.63, 3.8) is 0 Å². The van der Waals surface area contributed by atoms with Crippen LogP contribution in [0.2, 0.25) is 0 Å². The lowest BCUT2D eigenvalue weighted by Gasteiger charge is -2.35. The zero-order valence-corrected chi connectivity index (χ0v) is 18.0. The summed E-state index contributed by atoms with van der Waals surface area (Å²) < 4.78 is 0.886. The van der Waals surface area contributed by atoms with Crippen molar-refractivity contribution in [2.75, 3.05) is 23.7 Å². The highest BCUT2D eigenvalue weighted by Crippen LogP contribution is 2.36. The number of thioether (sulfide) groups is 1. The molecule has 0 radical (unpaired) electrons. The Labute approximate surface area is 181 Å². The summed E-state index contributed by atoms with van der Waals surface area (Å²) in [5.41, 5.74) is 1.45. The number of rotatable bonds is 3. The molecule has 2 N–H and O–H groups in total. The average molecular weight is 474 g/mol. The zero-order valence-electron chi connectivity index (χ0n) is 15.6. The van der Waals surface area contributed by atoms with Gasteiger partial charge in [0.25, 0.3) is 0 Å². The second kappa shape index (κ2) is 8.59. The molecule has 2 atom stereocenters. The molecule has 0 aliphatic carbocycles. The standard InChI is InChI=1S/C21H20BrN3O3S/c22-14-6-3-7-15(11-14)23-19(26)13-5-4-10-25(12-13)21(28)18-20(27)24-16-8-1-2-9-17(16)29-18/h1-3,6-9,11,13,18H,4-5,10,12H2,(H,23,26)(H,24,27). The maximum Gasteiger partial charge on any atom is 0.247 e. The molecule has 8 heteroatoms. The van der Waals surface area contributed by atoms with Gasteiger partial charge in [-0.15, -0.1) is 11.8 Å². The number of anilines is 2. The minimum Gasteiger partial charge on any atom is -0.340 e. The van der Waals surface area contributed by atoms with Crippen molar-refractivity contribution in [1.29, 1.82) is 0 Å². The van der Waals surface area contributed by atoms with E-state index in [0.717, 1.165) is 27.9 Å². The van der Waals surface area contributed by atoms with E-state index in [9.17, 15) is 14.4 Å². The third kappa shape index (κ3) is 4.48. The van der Waals surface area contributed by atoms with Crippen LogP contribution in [0, 0.1) is 5.92 Å². The second-order valence-electron chi connectivity index (χ2n) is 7.11. The van der Waals surface area contributed by atoms with Crippen LogP contribution in [-0.2, 0) is 14.4 Å². The van der Waals surface area contributed by atoms with E-state index in [1.54, 1.807) is 4.90 Å². The number of benzene rings is 2. The van der Waals surface area contributed by atoms with Gasteiger partial charge in [-0.1, -0.05) is 34.1 Å². The smallest absolute Gasteiger partial charge is 0.247 e. The van der Waals surface area contributed by atoms with E-state index >= 15 is 0 Å². The monoisotopic (exact) mass is 473 g/mol. The van der Waals surface area contributed by atoms with Crippen molar-refractivity contribution in [2.45, 2.75) is 23.0 Å². The average Bonchev–Trinajstić information content (AvgIpc) is 2.73. The molecule has 6 nitrogen and oxygen atoms in total. The maximum absolute atomic E-state index is 13.1. The largest absolute Gasteiger partial charge is 0.340 e. The number of nitrogens with one attached hydrogen (secondary N) is 2. The number of carbonyl (C=O) groups excluding carboxylic acids is 3. The molecule has 0 aromatic heterocycles. The molecule has 1 fully saturated rings. The number of fused-ring (bicyclic) bond motifs is 1. The summed E-state index contributed by atoms with van der Waals surface area (Å²) in [4.78, 5) is 40.8. The number of hydrogen-bond acceptors (Lipinski definition) is 4. The molecule has 2 aliphatic rings. The molecule has 3 amide bonds. The molecule has 4 rings (SSSR count). The van der Waals surface area contributed by atoms with Gasteiger partial charge in [-0.05, 0) is 43.2 Å². The van der Waals surface area contributed by atoms with Gasteiger partial charge in [0.1, 0.15) is 0 Å². The number of nitrogens with zero attached hydrogens (tertiary/aromatic N) is 1. The zero-order chi connectivity index (χ0) is 20.4. The fourth-order valence-corrected chi connectivity index (χ4v) is 5.05. The lowest BCUT2D eigenvalue weighted by molar-refractivity contribution is -0.136. The van der Waals surface area contributed by atoms with Gasteiger partial charge in [0, 0.05) is 28.1 Å². The first-order chi connectivity index (χ1) is 14.0. The first-order valence-electron chi connectivity index (χ1n) is 9.43. The fraction of sp³-hybridized carbons (Fsp3) is 0.286. The van der Waals surface area contributed by atoms with Gasteiger partial charge in [-0.3, -0.25) is 14.4 Å². The molecule has 0 spiro atoms. The van der Waals surface area contributed by atoms with Crippen molar-refractivity contribution >= 4 is 56.8 Å². The summed E-state index contributed by atoms with van der Waals surface area (Å²) in [5.74, 6) is -0.941. The molecular formula is C21H20BrN3O3S. The number of para-hydroxylation sites is 1. The van der Waals surface area contributed by atoms with Crippen LogP contribution in [-0.4, -0.2) is 41.0 Å². The van der Waals surface area contributed by atoms with E-state index in [2.05, 4.69) is 26.6 Å². The summed E-state index contributed by atoms with van der Waals surface area (Å²) in [6.45, 7) is 0.885. The van der Waals surface area contributed by atoms with E-state index < -0.39 is 5.25 Å². The van der Waals surface area contributed by atoms with Gasteiger partial charge in [-0.25, -0.2) is 0 Å². The van der Waals surface area contributed by atoms with Crippen molar-refractivity contribution in [2.24, 2.45) is 5.92 Å². The van der Waals surface area contributed by atoms with Crippen molar-refractivity contribution in [1.82, 2.24) is 4.90 Å². The number of hydrogen-bond donors (Lipinski definition) is 2. The Bertz CT molecular complexity index is 968. The lowest BCUT2D eigenvalue weighted by Crippen LogP contribution is -2.50. The normalized spacial score (nSPS) is 21.1. The Morgan fingerprint density at radius 3 is 2.83 bits per heavy atom. The topological polar surface area (TPSA) is 78.5 Å². The van der Waals surface area contributed by atoms with Gasteiger partial charge in [0.15, 0.2) is 5.25 Å². The molecule has 150 valence electrons. The molecule has 29 heavy (non-hydrogen) atoms. The van der Waals surface area contributed by atoms with E-state index in [4.69, 9.17) is 0 Å². The molecular weight excluding hydrogens is 454 g/mol. The summed E-state index contributed by atoms with van der Waals surface area (Å²) in [5, 5.41) is 4.91. The summed E-state index contributed by atoms with van der Waals surface area (Å²) in [6.07, 6.45) is 1.45. The van der Waals surface area contributed by atoms with Gasteiger partial charge in [-0.2, -0.15) is 0 Å². The molecule has 2 unspecified atom stereocenters. The molecule has 0 saturated carbocycles. The highest BCUT2D eigenvalue weighted by molar-refractivity contribution is 9.10. The molecule has 2 heterocycles. The minimum atomic E-state index is -0.822. The third-order valence-corrected chi connectivity index (χ3v) is 6.80. The quantitative estimate of drug-likeness (QED) is 0.665.